The van der Waals surface area contributed by atoms with Crippen LogP contribution in [0.25, 0.3) is 0 Å². The standard InChI is InChI=1S/C8H7BrF3N3OS/c9-5-3-4(14-7(17)15-13)1-2-6(5)16-8(10,11)12/h1-3H,13H2,(H2,14,15,17). The summed E-state index contributed by atoms with van der Waals surface area (Å²) in [6.45, 7) is 0. The highest BCUT2D eigenvalue weighted by Gasteiger charge is 2.31. The average molecular weight is 330 g/mol. The van der Waals surface area contributed by atoms with Crippen LogP contribution in [0.3, 0.4) is 0 Å². The zero-order chi connectivity index (χ0) is 13.1. The van der Waals surface area contributed by atoms with Crippen LogP contribution in [0.5, 0.6) is 5.75 Å². The summed E-state index contributed by atoms with van der Waals surface area (Å²) < 4.78 is 39.9. The smallest absolute Gasteiger partial charge is 0.405 e. The van der Waals surface area contributed by atoms with Crippen LogP contribution in [-0.4, -0.2) is 11.5 Å². The molecule has 0 radical (unpaired) electrons. The van der Waals surface area contributed by atoms with Gasteiger partial charge in [0.2, 0.25) is 0 Å². The van der Waals surface area contributed by atoms with Gasteiger partial charge in [0.25, 0.3) is 0 Å². The van der Waals surface area contributed by atoms with E-state index < -0.39 is 6.36 Å². The number of benzene rings is 1. The van der Waals surface area contributed by atoms with Gasteiger partial charge in [-0.3, -0.25) is 0 Å². The molecule has 0 spiro atoms. The minimum absolute atomic E-state index is 0.139. The zero-order valence-corrected chi connectivity index (χ0v) is 10.5. The Kier molecular flexibility index (Phi) is 4.54. The largest absolute Gasteiger partial charge is 0.573 e. The van der Waals surface area contributed by atoms with Crippen molar-refractivity contribution in [3.8, 4) is 5.75 Å². The van der Waals surface area contributed by atoms with Crippen molar-refractivity contribution in [1.82, 2.24) is 5.43 Å². The third-order valence-electron chi connectivity index (χ3n) is 1.55. The lowest BCUT2D eigenvalue weighted by atomic mass is 10.3. The van der Waals surface area contributed by atoms with Crippen LogP contribution in [0.4, 0.5) is 18.9 Å². The Bertz CT molecular complexity index is 427. The normalized spacial score (nSPS) is 10.9. The fourth-order valence-corrected chi connectivity index (χ4v) is 1.53. The SMILES string of the molecule is NNC(=S)Nc1ccc(OC(F)(F)F)c(Br)c1. The predicted octanol–water partition coefficient (Wildman–Crippen LogP) is 2.51. The summed E-state index contributed by atoms with van der Waals surface area (Å²) in [4.78, 5) is 0. The molecule has 4 N–H and O–H groups in total. The van der Waals surface area contributed by atoms with Crippen LogP contribution in [-0.2, 0) is 0 Å². The second-order valence-electron chi connectivity index (χ2n) is 2.79. The molecule has 9 heteroatoms. The molecule has 94 valence electrons. The summed E-state index contributed by atoms with van der Waals surface area (Å²) >= 11 is 7.68. The Morgan fingerprint density at radius 3 is 2.53 bits per heavy atom. The van der Waals surface area contributed by atoms with E-state index >= 15 is 0 Å². The zero-order valence-electron chi connectivity index (χ0n) is 8.14. The quantitative estimate of drug-likeness (QED) is 0.442. The number of nitrogens with one attached hydrogen (secondary N) is 2. The predicted molar refractivity (Wildman–Crippen MR) is 64.4 cm³/mol. The third-order valence-corrected chi connectivity index (χ3v) is 2.39. The molecule has 0 aliphatic rings. The van der Waals surface area contributed by atoms with Gasteiger partial charge in [-0.2, -0.15) is 0 Å². The van der Waals surface area contributed by atoms with Crippen molar-refractivity contribution in [3.05, 3.63) is 22.7 Å². The lowest BCUT2D eigenvalue weighted by Gasteiger charge is -2.12. The summed E-state index contributed by atoms with van der Waals surface area (Å²) in [5.74, 6) is 4.69. The molecule has 0 aliphatic heterocycles. The van der Waals surface area contributed by atoms with Crippen LogP contribution < -0.4 is 21.3 Å². The number of halogens is 4. The van der Waals surface area contributed by atoms with E-state index in [0.717, 1.165) is 6.07 Å². The first-order chi connectivity index (χ1) is 7.81. The number of thiocarbonyl (C=S) groups is 1. The summed E-state index contributed by atoms with van der Waals surface area (Å²) in [5, 5.41) is 2.79. The van der Waals surface area contributed by atoms with Gasteiger partial charge in [0.1, 0.15) is 5.75 Å². The van der Waals surface area contributed by atoms with Crippen LogP contribution in [0.2, 0.25) is 0 Å². The molecule has 0 saturated heterocycles. The average Bonchev–Trinajstić information content (AvgIpc) is 2.20. The Hall–Kier alpha value is -1.06. The van der Waals surface area contributed by atoms with Gasteiger partial charge in [-0.15, -0.1) is 13.2 Å². The first-order valence-corrected chi connectivity index (χ1v) is 5.35. The van der Waals surface area contributed by atoms with Crippen molar-refractivity contribution in [2.45, 2.75) is 6.36 Å². The molecule has 17 heavy (non-hydrogen) atoms. The fourth-order valence-electron chi connectivity index (χ4n) is 0.953. The molecular weight excluding hydrogens is 323 g/mol. The Balaban J connectivity index is 2.83. The maximum atomic E-state index is 12.0. The molecular formula is C8H7BrF3N3OS. The summed E-state index contributed by atoms with van der Waals surface area (Å²) in [7, 11) is 0. The van der Waals surface area contributed by atoms with Crippen LogP contribution in [0, 0.1) is 0 Å². The van der Waals surface area contributed by atoms with E-state index in [2.05, 4.69) is 31.4 Å². The van der Waals surface area contributed by atoms with Gasteiger partial charge in [-0.1, -0.05) is 0 Å². The van der Waals surface area contributed by atoms with Crippen molar-refractivity contribution in [2.75, 3.05) is 5.32 Å². The van der Waals surface area contributed by atoms with E-state index in [1.807, 2.05) is 0 Å². The van der Waals surface area contributed by atoms with Crippen LogP contribution in [0.15, 0.2) is 22.7 Å². The van der Waals surface area contributed by atoms with Crippen LogP contribution >= 0.6 is 28.1 Å². The number of hydrogen-bond acceptors (Lipinski definition) is 3. The number of ether oxygens (including phenoxy) is 1. The number of anilines is 1. The molecule has 1 rings (SSSR count). The van der Waals surface area contributed by atoms with Gasteiger partial charge in [-0.05, 0) is 46.3 Å². The van der Waals surface area contributed by atoms with E-state index in [9.17, 15) is 13.2 Å². The summed E-state index contributed by atoms with van der Waals surface area (Å²) in [6.07, 6.45) is -4.73. The van der Waals surface area contributed by atoms with E-state index in [1.54, 1.807) is 0 Å². The Labute approximate surface area is 108 Å². The van der Waals surface area contributed by atoms with E-state index in [0.29, 0.717) is 5.69 Å². The number of alkyl halides is 3. The van der Waals surface area contributed by atoms with Crippen molar-refractivity contribution >= 4 is 38.9 Å². The highest BCUT2D eigenvalue weighted by molar-refractivity contribution is 9.10. The lowest BCUT2D eigenvalue weighted by molar-refractivity contribution is -0.274. The molecule has 4 nitrogen and oxygen atoms in total. The lowest BCUT2D eigenvalue weighted by Crippen LogP contribution is -2.34. The van der Waals surface area contributed by atoms with E-state index in [1.165, 1.54) is 12.1 Å². The molecule has 0 amide bonds. The fraction of sp³-hybridized carbons (Fsp3) is 0.125. The van der Waals surface area contributed by atoms with E-state index in [4.69, 9.17) is 18.1 Å². The minimum Gasteiger partial charge on any atom is -0.405 e. The molecule has 0 unspecified atom stereocenters. The molecule has 0 saturated carbocycles. The minimum atomic E-state index is -4.73. The van der Waals surface area contributed by atoms with Gasteiger partial charge >= 0.3 is 6.36 Å². The van der Waals surface area contributed by atoms with Crippen molar-refractivity contribution in [1.29, 1.82) is 0 Å². The molecule has 0 fully saturated rings. The molecule has 0 bridgehead atoms. The van der Waals surface area contributed by atoms with Crippen molar-refractivity contribution in [3.63, 3.8) is 0 Å². The summed E-state index contributed by atoms with van der Waals surface area (Å²) in [6, 6.07) is 3.90. The van der Waals surface area contributed by atoms with Crippen molar-refractivity contribution in [2.24, 2.45) is 5.84 Å². The van der Waals surface area contributed by atoms with Gasteiger partial charge in [0.15, 0.2) is 5.11 Å². The number of hydrazine groups is 1. The number of nitrogens with two attached hydrogens (primary N) is 1. The molecule has 0 aromatic heterocycles. The maximum Gasteiger partial charge on any atom is 0.573 e. The third kappa shape index (κ3) is 4.75. The molecule has 0 aliphatic carbocycles. The van der Waals surface area contributed by atoms with Crippen molar-refractivity contribution < 1.29 is 17.9 Å². The Morgan fingerprint density at radius 2 is 2.06 bits per heavy atom. The Morgan fingerprint density at radius 1 is 1.41 bits per heavy atom. The summed E-state index contributed by atoms with van der Waals surface area (Å²) in [5.41, 5.74) is 2.65. The molecule has 1 aromatic carbocycles. The van der Waals surface area contributed by atoms with Gasteiger partial charge < -0.3 is 15.5 Å². The topological polar surface area (TPSA) is 59.3 Å². The monoisotopic (exact) mass is 329 g/mol. The maximum absolute atomic E-state index is 12.0. The number of hydrogen-bond donors (Lipinski definition) is 3. The van der Waals surface area contributed by atoms with Gasteiger partial charge in [-0.25, -0.2) is 5.84 Å². The van der Waals surface area contributed by atoms with Crippen LogP contribution in [0.1, 0.15) is 0 Å². The second kappa shape index (κ2) is 5.52. The van der Waals surface area contributed by atoms with E-state index in [-0.39, 0.29) is 15.3 Å². The number of rotatable bonds is 2. The molecule has 1 aromatic rings. The van der Waals surface area contributed by atoms with Gasteiger partial charge in [0, 0.05) is 5.69 Å². The van der Waals surface area contributed by atoms with Gasteiger partial charge in [0.05, 0.1) is 4.47 Å². The molecule has 0 atom stereocenters. The second-order valence-corrected chi connectivity index (χ2v) is 4.05. The highest BCUT2D eigenvalue weighted by atomic mass is 79.9. The highest BCUT2D eigenvalue weighted by Crippen LogP contribution is 2.32. The molecule has 0 heterocycles. The first kappa shape index (κ1) is 14.0. The first-order valence-electron chi connectivity index (χ1n) is 4.15.